The van der Waals surface area contributed by atoms with Crippen molar-refractivity contribution in [3.63, 3.8) is 0 Å². The Hall–Kier alpha value is -5.33. The van der Waals surface area contributed by atoms with Gasteiger partial charge in [0.15, 0.2) is 5.65 Å². The van der Waals surface area contributed by atoms with Crippen LogP contribution in [0.5, 0.6) is 0 Å². The molecule has 1 atom stereocenters. The maximum absolute atomic E-state index is 16.3. The second-order valence-corrected chi connectivity index (χ2v) is 12.6. The van der Waals surface area contributed by atoms with Crippen molar-refractivity contribution in [1.82, 2.24) is 39.4 Å². The molecule has 5 aromatic rings. The maximum Gasteiger partial charge on any atom is 0.355 e. The molecule has 11 nitrogen and oxygen atoms in total. The Morgan fingerprint density at radius 3 is 2.65 bits per heavy atom. The Morgan fingerprint density at radius 2 is 1.88 bits per heavy atom. The van der Waals surface area contributed by atoms with Crippen LogP contribution in [0.15, 0.2) is 60.2 Å². The van der Waals surface area contributed by atoms with Crippen molar-refractivity contribution in [1.29, 1.82) is 0 Å². The Balaban J connectivity index is 1.53. The van der Waals surface area contributed by atoms with E-state index in [0.29, 0.717) is 56.8 Å². The topological polar surface area (TPSA) is 115 Å². The van der Waals surface area contributed by atoms with Crippen molar-refractivity contribution < 1.29 is 13.6 Å². The van der Waals surface area contributed by atoms with Crippen molar-refractivity contribution in [2.24, 2.45) is 0 Å². The minimum atomic E-state index is -0.748. The first-order valence-electron chi connectivity index (χ1n) is 16.1. The number of amides is 1. The van der Waals surface area contributed by atoms with Gasteiger partial charge in [0.25, 0.3) is 0 Å². The van der Waals surface area contributed by atoms with Gasteiger partial charge in [-0.2, -0.15) is 4.98 Å². The molecule has 0 N–H and O–H groups in total. The minimum absolute atomic E-state index is 0.00817. The van der Waals surface area contributed by atoms with Gasteiger partial charge in [-0.3, -0.25) is 9.78 Å². The lowest BCUT2D eigenvalue weighted by molar-refractivity contribution is -0.126. The maximum atomic E-state index is 16.3. The van der Waals surface area contributed by atoms with Crippen LogP contribution in [-0.2, 0) is 30.6 Å². The molecule has 2 aliphatic rings. The minimum Gasteiger partial charge on any atom is -0.350 e. The number of nitrogens with zero attached hydrogens (tertiary/aromatic N) is 9. The molecule has 246 valence electrons. The first-order chi connectivity index (χ1) is 23.1. The molecule has 0 radical (unpaired) electrons. The van der Waals surface area contributed by atoms with Crippen LogP contribution in [0, 0.1) is 11.6 Å². The molecule has 1 aromatic carbocycles. The summed E-state index contributed by atoms with van der Waals surface area (Å²) in [7, 11) is 0. The summed E-state index contributed by atoms with van der Waals surface area (Å²) in [4.78, 5) is 44.4. The van der Waals surface area contributed by atoms with Gasteiger partial charge in [-0.1, -0.05) is 31.7 Å². The lowest BCUT2D eigenvalue weighted by Crippen LogP contribution is -2.54. The number of anilines is 1. The smallest absolute Gasteiger partial charge is 0.350 e. The van der Waals surface area contributed by atoms with E-state index in [1.54, 1.807) is 29.4 Å². The standard InChI is InChI=1S/C35H35F2N9O2/c1-5-29(47)43-14-15-44(21(4)19-43)33-26-17-28(37)31-25-16-22(7-9-27(25)36)6-8-24-18-39-42-45(24)13-11-23-10-12-38-30(20(2)3)32(23)46(34(26)40-31)35(48)41-33/h5,7,9-10,12,16-18,20-21H,1,6,8,11,13-15,19H2,2-4H3/t21-/m0/s1. The zero-order chi connectivity index (χ0) is 33.7. The highest BCUT2D eigenvalue weighted by molar-refractivity contribution is 5.91. The third-order valence-corrected chi connectivity index (χ3v) is 9.24. The number of rotatable bonds is 3. The van der Waals surface area contributed by atoms with Crippen LogP contribution >= 0.6 is 0 Å². The molecule has 0 unspecified atom stereocenters. The number of aryl methyl sites for hydroxylation is 4. The average molecular weight is 652 g/mol. The van der Waals surface area contributed by atoms with Crippen LogP contribution in [0.3, 0.4) is 0 Å². The van der Waals surface area contributed by atoms with Crippen LogP contribution in [0.4, 0.5) is 14.6 Å². The molecule has 1 fully saturated rings. The van der Waals surface area contributed by atoms with Crippen LogP contribution in [0.2, 0.25) is 0 Å². The molecule has 2 aliphatic heterocycles. The monoisotopic (exact) mass is 651 g/mol. The van der Waals surface area contributed by atoms with Gasteiger partial charge >= 0.3 is 5.69 Å². The highest BCUT2D eigenvalue weighted by atomic mass is 19.1. The highest BCUT2D eigenvalue weighted by Crippen LogP contribution is 2.35. The third kappa shape index (κ3) is 5.42. The Kier molecular flexibility index (Phi) is 8.06. The van der Waals surface area contributed by atoms with E-state index in [4.69, 9.17) is 4.98 Å². The van der Waals surface area contributed by atoms with E-state index in [2.05, 4.69) is 26.9 Å². The van der Waals surface area contributed by atoms with Gasteiger partial charge in [-0.05, 0) is 73.6 Å². The number of benzene rings is 1. The second-order valence-electron chi connectivity index (χ2n) is 12.6. The van der Waals surface area contributed by atoms with Crippen molar-refractivity contribution >= 4 is 22.8 Å². The molecule has 6 heterocycles. The quantitative estimate of drug-likeness (QED) is 0.264. The van der Waals surface area contributed by atoms with Gasteiger partial charge in [0.05, 0.1) is 28.7 Å². The van der Waals surface area contributed by atoms with E-state index >= 15 is 8.78 Å². The number of hydrogen-bond acceptors (Lipinski definition) is 8. The van der Waals surface area contributed by atoms with E-state index in [1.807, 2.05) is 36.4 Å². The molecule has 48 heavy (non-hydrogen) atoms. The van der Waals surface area contributed by atoms with E-state index in [1.165, 1.54) is 22.8 Å². The number of carbonyl (C=O) groups is 1. The molecular weight excluding hydrogens is 616 g/mol. The molecule has 4 bridgehead atoms. The van der Waals surface area contributed by atoms with E-state index in [0.717, 1.165) is 16.8 Å². The van der Waals surface area contributed by atoms with Crippen LogP contribution in [-0.4, -0.2) is 71.0 Å². The summed E-state index contributed by atoms with van der Waals surface area (Å²) in [6.07, 6.45) is 6.31. The number of hydrogen-bond donors (Lipinski definition) is 0. The summed E-state index contributed by atoms with van der Waals surface area (Å²) in [5.41, 5.74) is 2.92. The number of pyridine rings is 2. The van der Waals surface area contributed by atoms with Gasteiger partial charge in [-0.15, -0.1) is 5.10 Å². The van der Waals surface area contributed by atoms with Crippen LogP contribution in [0.25, 0.3) is 28.0 Å². The summed E-state index contributed by atoms with van der Waals surface area (Å²) < 4.78 is 35.1. The normalized spacial score (nSPS) is 16.4. The molecule has 0 saturated carbocycles. The average Bonchev–Trinajstić information content (AvgIpc) is 3.53. The number of fused-ring (bicyclic) bond motifs is 7. The Labute approximate surface area is 275 Å². The van der Waals surface area contributed by atoms with Crippen molar-refractivity contribution in [2.75, 3.05) is 24.5 Å². The Morgan fingerprint density at radius 1 is 1.04 bits per heavy atom. The van der Waals surface area contributed by atoms with Gasteiger partial charge in [-0.25, -0.2) is 27.8 Å². The van der Waals surface area contributed by atoms with Crippen molar-refractivity contribution in [2.45, 2.75) is 58.5 Å². The third-order valence-electron chi connectivity index (χ3n) is 9.24. The highest BCUT2D eigenvalue weighted by Gasteiger charge is 2.31. The largest absolute Gasteiger partial charge is 0.355 e. The molecule has 0 spiro atoms. The van der Waals surface area contributed by atoms with Gasteiger partial charge in [0.1, 0.15) is 23.1 Å². The molecule has 7 rings (SSSR count). The zero-order valence-corrected chi connectivity index (χ0v) is 27.0. The molecule has 1 saturated heterocycles. The zero-order valence-electron chi connectivity index (χ0n) is 27.0. The fraction of sp³-hybridized carbons (Fsp3) is 0.343. The fourth-order valence-electron chi connectivity index (χ4n) is 6.78. The predicted octanol–water partition coefficient (Wildman–Crippen LogP) is 4.40. The van der Waals surface area contributed by atoms with Crippen LogP contribution in [0.1, 0.15) is 49.2 Å². The molecular formula is C35H35F2N9O2. The molecule has 0 aliphatic carbocycles. The number of halogens is 2. The van der Waals surface area contributed by atoms with Crippen molar-refractivity contribution in [3.8, 4) is 16.9 Å². The summed E-state index contributed by atoms with van der Waals surface area (Å²) in [5.74, 6) is -1.43. The molecule has 13 heteroatoms. The lowest BCUT2D eigenvalue weighted by Gasteiger charge is -2.40. The SMILES string of the molecule is C=CC(=O)N1CCN(c2nc(=O)n3c4nc(c(F)cc24)-c2cc(ccc2F)CCc2cnnn2CCc2ccnc(C(C)C)c2-3)[C@@H](C)C1. The first-order valence-corrected chi connectivity index (χ1v) is 16.1. The lowest BCUT2D eigenvalue weighted by atomic mass is 10.0. The van der Waals surface area contributed by atoms with E-state index < -0.39 is 17.3 Å². The number of piperazine rings is 1. The second kappa shape index (κ2) is 12.4. The van der Waals surface area contributed by atoms with E-state index in [-0.39, 0.29) is 46.0 Å². The summed E-state index contributed by atoms with van der Waals surface area (Å²) in [6, 6.07) is 7.49. The number of carbonyl (C=O) groups excluding carboxylic acids is 1. The van der Waals surface area contributed by atoms with Crippen molar-refractivity contribution in [3.05, 3.63) is 100 Å². The van der Waals surface area contributed by atoms with Crippen LogP contribution < -0.4 is 10.6 Å². The summed E-state index contributed by atoms with van der Waals surface area (Å²) in [5, 5.41) is 8.74. The Bertz CT molecular complexity index is 2140. The summed E-state index contributed by atoms with van der Waals surface area (Å²) in [6.45, 7) is 11.0. The first kappa shape index (κ1) is 31.3. The van der Waals surface area contributed by atoms with Gasteiger partial charge in [0, 0.05) is 44.0 Å². The van der Waals surface area contributed by atoms with E-state index in [9.17, 15) is 9.59 Å². The molecule has 4 aromatic heterocycles. The summed E-state index contributed by atoms with van der Waals surface area (Å²) >= 11 is 0. The van der Waals surface area contributed by atoms with Gasteiger partial charge < -0.3 is 9.80 Å². The molecule has 1 amide bonds. The predicted molar refractivity (Wildman–Crippen MR) is 177 cm³/mol. The number of aromatic nitrogens is 7. The fourth-order valence-corrected chi connectivity index (χ4v) is 6.78. The van der Waals surface area contributed by atoms with Gasteiger partial charge in [0.2, 0.25) is 5.91 Å².